The van der Waals surface area contributed by atoms with Gasteiger partial charge >= 0.3 is 0 Å². The maximum Gasteiger partial charge on any atom is 0.228 e. The van der Waals surface area contributed by atoms with E-state index in [9.17, 15) is 4.79 Å². The number of carbonyl (C=O) groups excluding carboxylic acids is 1. The van der Waals surface area contributed by atoms with Gasteiger partial charge in [-0.2, -0.15) is 5.10 Å². The van der Waals surface area contributed by atoms with Crippen molar-refractivity contribution < 1.29 is 4.79 Å². The van der Waals surface area contributed by atoms with Gasteiger partial charge in [-0.1, -0.05) is 25.5 Å². The number of hydrogen-bond donors (Lipinski definition) is 1. The number of pyridine rings is 1. The molecule has 2 heterocycles. The topological polar surface area (TPSA) is 59.8 Å². The molecule has 1 aliphatic carbocycles. The second kappa shape index (κ2) is 6.23. The first-order valence-corrected chi connectivity index (χ1v) is 8.25. The van der Waals surface area contributed by atoms with Crippen LogP contribution in [0.3, 0.4) is 0 Å². The summed E-state index contributed by atoms with van der Waals surface area (Å²) in [6.07, 6.45) is 9.30. The number of carbonyl (C=O) groups is 1. The third kappa shape index (κ3) is 3.40. The van der Waals surface area contributed by atoms with E-state index in [-0.39, 0.29) is 17.2 Å². The molecule has 0 spiro atoms. The van der Waals surface area contributed by atoms with Crippen LogP contribution in [0.5, 0.6) is 0 Å². The van der Waals surface area contributed by atoms with Crippen LogP contribution in [0.15, 0.2) is 48.6 Å². The summed E-state index contributed by atoms with van der Waals surface area (Å²) in [5.74, 6) is 0.413. The standard InChI is InChI=1S/C19H24N4O/c1-13(2)9-16-17(19(16,3)4)18(24)22-15-10-21-23(12-15)11-14-5-7-20-8-6-14/h5-10,12,16-17H,11H2,1-4H3,(H,22,24)/t16-,17-/m0/s1. The molecule has 5 heteroatoms. The summed E-state index contributed by atoms with van der Waals surface area (Å²) in [5, 5.41) is 7.32. The van der Waals surface area contributed by atoms with Gasteiger partial charge in [0.05, 0.1) is 24.3 Å². The summed E-state index contributed by atoms with van der Waals surface area (Å²) in [4.78, 5) is 16.6. The monoisotopic (exact) mass is 324 g/mol. The Labute approximate surface area is 142 Å². The second-order valence-corrected chi connectivity index (χ2v) is 7.34. The molecular formula is C19H24N4O. The van der Waals surface area contributed by atoms with Crippen molar-refractivity contribution in [2.45, 2.75) is 34.2 Å². The predicted molar refractivity (Wildman–Crippen MR) is 94.4 cm³/mol. The Balaban J connectivity index is 1.63. The molecule has 5 nitrogen and oxygen atoms in total. The van der Waals surface area contributed by atoms with Crippen LogP contribution in [-0.4, -0.2) is 20.7 Å². The van der Waals surface area contributed by atoms with Crippen molar-refractivity contribution in [2.75, 3.05) is 5.32 Å². The lowest BCUT2D eigenvalue weighted by Crippen LogP contribution is -2.16. The molecule has 0 bridgehead atoms. The predicted octanol–water partition coefficient (Wildman–Crippen LogP) is 3.50. The lowest BCUT2D eigenvalue weighted by atomic mass is 10.1. The number of hydrogen-bond acceptors (Lipinski definition) is 3. The molecule has 2 atom stereocenters. The van der Waals surface area contributed by atoms with Gasteiger partial charge in [0.2, 0.25) is 5.91 Å². The van der Waals surface area contributed by atoms with Gasteiger partial charge in [-0.15, -0.1) is 0 Å². The Morgan fingerprint density at radius 1 is 1.33 bits per heavy atom. The lowest BCUT2D eigenvalue weighted by molar-refractivity contribution is -0.118. The highest BCUT2D eigenvalue weighted by molar-refractivity contribution is 5.95. The van der Waals surface area contributed by atoms with Crippen LogP contribution >= 0.6 is 0 Å². The first-order chi connectivity index (χ1) is 11.4. The molecule has 2 aromatic heterocycles. The molecular weight excluding hydrogens is 300 g/mol. The summed E-state index contributed by atoms with van der Waals surface area (Å²) >= 11 is 0. The molecule has 24 heavy (non-hydrogen) atoms. The smallest absolute Gasteiger partial charge is 0.228 e. The highest BCUT2D eigenvalue weighted by Gasteiger charge is 2.60. The first kappa shape index (κ1) is 16.4. The van der Waals surface area contributed by atoms with E-state index in [2.05, 4.69) is 49.2 Å². The number of allylic oxidation sites excluding steroid dienone is 2. The van der Waals surface area contributed by atoms with Crippen LogP contribution < -0.4 is 5.32 Å². The summed E-state index contributed by atoms with van der Waals surface area (Å²) in [7, 11) is 0. The Bertz CT molecular complexity index is 757. The number of aromatic nitrogens is 3. The average Bonchev–Trinajstić information content (AvgIpc) is 2.83. The van der Waals surface area contributed by atoms with Gasteiger partial charge in [-0.05, 0) is 42.9 Å². The Hall–Kier alpha value is -2.43. The van der Waals surface area contributed by atoms with Gasteiger partial charge in [0.1, 0.15) is 0 Å². The van der Waals surface area contributed by atoms with Crippen molar-refractivity contribution in [2.24, 2.45) is 17.3 Å². The Morgan fingerprint density at radius 3 is 2.71 bits per heavy atom. The molecule has 1 N–H and O–H groups in total. The van der Waals surface area contributed by atoms with Crippen molar-refractivity contribution in [3.05, 3.63) is 54.1 Å². The van der Waals surface area contributed by atoms with E-state index >= 15 is 0 Å². The van der Waals surface area contributed by atoms with Crippen LogP contribution in [0.1, 0.15) is 33.3 Å². The highest BCUT2D eigenvalue weighted by Crippen LogP contribution is 2.59. The zero-order valence-electron chi connectivity index (χ0n) is 14.7. The summed E-state index contributed by atoms with van der Waals surface area (Å²) < 4.78 is 1.82. The number of amides is 1. The van der Waals surface area contributed by atoms with Crippen LogP contribution in [0.4, 0.5) is 5.69 Å². The number of nitrogens with one attached hydrogen (secondary N) is 1. The average molecular weight is 324 g/mol. The zero-order chi connectivity index (χ0) is 17.3. The van der Waals surface area contributed by atoms with Crippen molar-refractivity contribution in [1.82, 2.24) is 14.8 Å². The van der Waals surface area contributed by atoms with E-state index in [4.69, 9.17) is 0 Å². The van der Waals surface area contributed by atoms with Crippen LogP contribution in [0.25, 0.3) is 0 Å². The molecule has 1 fully saturated rings. The highest BCUT2D eigenvalue weighted by atomic mass is 16.2. The van der Waals surface area contributed by atoms with Gasteiger partial charge in [0, 0.05) is 18.6 Å². The minimum Gasteiger partial charge on any atom is -0.323 e. The Morgan fingerprint density at radius 2 is 2.04 bits per heavy atom. The number of rotatable bonds is 5. The molecule has 0 radical (unpaired) electrons. The van der Waals surface area contributed by atoms with E-state index in [1.165, 1.54) is 5.57 Å². The minimum atomic E-state index is 0.0222. The molecule has 126 valence electrons. The quantitative estimate of drug-likeness (QED) is 0.856. The molecule has 3 rings (SSSR count). The molecule has 0 aliphatic heterocycles. The van der Waals surface area contributed by atoms with Crippen LogP contribution in [0.2, 0.25) is 0 Å². The third-order valence-electron chi connectivity index (χ3n) is 4.70. The first-order valence-electron chi connectivity index (χ1n) is 8.25. The van der Waals surface area contributed by atoms with E-state index in [1.54, 1.807) is 18.6 Å². The van der Waals surface area contributed by atoms with Gasteiger partial charge in [0.15, 0.2) is 0 Å². The van der Waals surface area contributed by atoms with Gasteiger partial charge in [-0.3, -0.25) is 14.5 Å². The third-order valence-corrected chi connectivity index (χ3v) is 4.70. The van der Waals surface area contributed by atoms with Crippen molar-refractivity contribution in [1.29, 1.82) is 0 Å². The maximum absolute atomic E-state index is 12.6. The molecule has 0 unspecified atom stereocenters. The van der Waals surface area contributed by atoms with Gasteiger partial charge in [-0.25, -0.2) is 0 Å². The molecule has 0 saturated heterocycles. The molecule has 0 aromatic carbocycles. The van der Waals surface area contributed by atoms with Crippen molar-refractivity contribution >= 4 is 11.6 Å². The van der Waals surface area contributed by atoms with E-state index < -0.39 is 0 Å². The minimum absolute atomic E-state index is 0.0222. The fourth-order valence-electron chi connectivity index (χ4n) is 3.26. The number of nitrogens with zero attached hydrogens (tertiary/aromatic N) is 3. The zero-order valence-corrected chi connectivity index (χ0v) is 14.7. The maximum atomic E-state index is 12.6. The SMILES string of the molecule is CC(C)=C[C@H]1[C@@H](C(=O)Nc2cnn(Cc3ccncc3)c2)C1(C)C. The van der Waals surface area contributed by atoms with Crippen molar-refractivity contribution in [3.8, 4) is 0 Å². The molecule has 1 amide bonds. The van der Waals surface area contributed by atoms with E-state index in [0.717, 1.165) is 11.3 Å². The lowest BCUT2D eigenvalue weighted by Gasteiger charge is -2.03. The fraction of sp³-hybridized carbons (Fsp3) is 0.421. The normalized spacial score (nSPS) is 21.2. The van der Waals surface area contributed by atoms with Crippen LogP contribution in [-0.2, 0) is 11.3 Å². The molecule has 1 aliphatic rings. The Kier molecular flexibility index (Phi) is 4.26. The van der Waals surface area contributed by atoms with Gasteiger partial charge < -0.3 is 5.32 Å². The molecule has 1 saturated carbocycles. The molecule has 2 aromatic rings. The van der Waals surface area contributed by atoms with E-state index in [1.807, 2.05) is 23.0 Å². The number of anilines is 1. The summed E-state index contributed by atoms with van der Waals surface area (Å²) in [6, 6.07) is 3.91. The summed E-state index contributed by atoms with van der Waals surface area (Å²) in [5.41, 5.74) is 3.15. The fourth-order valence-corrected chi connectivity index (χ4v) is 3.26. The van der Waals surface area contributed by atoms with Gasteiger partial charge in [0.25, 0.3) is 0 Å². The van der Waals surface area contributed by atoms with Crippen molar-refractivity contribution in [3.63, 3.8) is 0 Å². The second-order valence-electron chi connectivity index (χ2n) is 7.34. The largest absolute Gasteiger partial charge is 0.323 e. The van der Waals surface area contributed by atoms with E-state index in [0.29, 0.717) is 12.5 Å². The van der Waals surface area contributed by atoms with Crippen LogP contribution in [0, 0.1) is 17.3 Å². The summed E-state index contributed by atoms with van der Waals surface area (Å²) in [6.45, 7) is 9.11.